The first-order valence-electron chi connectivity index (χ1n) is 9.04. The maximum atomic E-state index is 12.8. The van der Waals surface area contributed by atoms with Gasteiger partial charge >= 0.3 is 0 Å². The van der Waals surface area contributed by atoms with E-state index in [1.807, 2.05) is 24.4 Å². The van der Waals surface area contributed by atoms with Crippen molar-refractivity contribution in [3.63, 3.8) is 0 Å². The van der Waals surface area contributed by atoms with Crippen molar-refractivity contribution >= 4 is 29.0 Å². The number of hydrogen-bond acceptors (Lipinski definition) is 6. The van der Waals surface area contributed by atoms with Crippen LogP contribution in [0.3, 0.4) is 0 Å². The van der Waals surface area contributed by atoms with Crippen LogP contribution in [0.15, 0.2) is 46.9 Å². The molecule has 0 radical (unpaired) electrons. The zero-order valence-electron chi connectivity index (χ0n) is 15.0. The summed E-state index contributed by atoms with van der Waals surface area (Å²) in [5, 5.41) is 17.6. The molecule has 8 heteroatoms. The van der Waals surface area contributed by atoms with Crippen LogP contribution in [0.25, 0.3) is 0 Å². The molecule has 1 amide bonds. The molecule has 27 heavy (non-hydrogen) atoms. The Kier molecular flexibility index (Phi) is 5.54. The maximum absolute atomic E-state index is 12.8. The van der Waals surface area contributed by atoms with Gasteiger partial charge in [0, 0.05) is 4.88 Å². The molecule has 2 atom stereocenters. The molecule has 0 aliphatic heterocycles. The Hall–Kier alpha value is -2.19. The van der Waals surface area contributed by atoms with Gasteiger partial charge in [0.15, 0.2) is 0 Å². The van der Waals surface area contributed by atoms with Crippen LogP contribution in [-0.2, 0) is 17.8 Å². The summed E-state index contributed by atoms with van der Waals surface area (Å²) >= 11 is 3.06. The van der Waals surface area contributed by atoms with Crippen LogP contribution < -0.4 is 5.32 Å². The average molecular weight is 400 g/mol. The normalized spacial score (nSPS) is 17.3. The Bertz CT molecular complexity index is 908. The van der Waals surface area contributed by atoms with Crippen LogP contribution in [0.5, 0.6) is 0 Å². The van der Waals surface area contributed by atoms with E-state index in [1.165, 1.54) is 27.8 Å². The number of nitrogens with one attached hydrogen (secondary N) is 1. The van der Waals surface area contributed by atoms with Crippen molar-refractivity contribution in [1.29, 1.82) is 0 Å². The second-order valence-electron chi connectivity index (χ2n) is 6.61. The monoisotopic (exact) mass is 399 g/mol. The molecule has 1 aliphatic rings. The molecule has 6 nitrogen and oxygen atoms in total. The van der Waals surface area contributed by atoms with Crippen molar-refractivity contribution in [3.05, 3.63) is 57.8 Å². The molecule has 1 aromatic carbocycles. The molecule has 140 valence electrons. The summed E-state index contributed by atoms with van der Waals surface area (Å²) in [6.07, 6.45) is 3.17. The van der Waals surface area contributed by atoms with Crippen LogP contribution in [0.4, 0.5) is 0 Å². The summed E-state index contributed by atoms with van der Waals surface area (Å²) in [4.78, 5) is 13.9. The third-order valence-electron chi connectivity index (χ3n) is 4.72. The van der Waals surface area contributed by atoms with Gasteiger partial charge in [0.25, 0.3) is 0 Å². The molecule has 2 heterocycles. The van der Waals surface area contributed by atoms with Crippen molar-refractivity contribution in [2.75, 3.05) is 0 Å². The van der Waals surface area contributed by atoms with E-state index >= 15 is 0 Å². The SMILES string of the molecule is C[C@@H](Sc1nnnn1Cc1cccs1)C(=O)N[C@@H]1CCCc2ccccc21. The van der Waals surface area contributed by atoms with Gasteiger partial charge in [-0.25, -0.2) is 4.68 Å². The number of carbonyl (C=O) groups is 1. The second-order valence-corrected chi connectivity index (χ2v) is 8.95. The number of aryl methyl sites for hydroxylation is 1. The average Bonchev–Trinajstić information content (AvgIpc) is 3.35. The Labute approximate surface area is 166 Å². The molecule has 0 spiro atoms. The number of thioether (sulfide) groups is 1. The molecule has 1 N–H and O–H groups in total. The van der Waals surface area contributed by atoms with Crippen molar-refractivity contribution in [2.45, 2.75) is 49.2 Å². The van der Waals surface area contributed by atoms with E-state index in [4.69, 9.17) is 0 Å². The lowest BCUT2D eigenvalue weighted by Crippen LogP contribution is -2.36. The molecule has 3 aromatic rings. The number of tetrazole rings is 1. The van der Waals surface area contributed by atoms with Gasteiger partial charge in [-0.2, -0.15) is 0 Å². The number of aromatic nitrogens is 4. The lowest BCUT2D eigenvalue weighted by Gasteiger charge is -2.27. The van der Waals surface area contributed by atoms with Gasteiger partial charge in [0.1, 0.15) is 0 Å². The van der Waals surface area contributed by atoms with Crippen LogP contribution in [-0.4, -0.2) is 31.4 Å². The molecule has 0 fully saturated rings. The van der Waals surface area contributed by atoms with Gasteiger partial charge in [-0.15, -0.1) is 16.4 Å². The minimum atomic E-state index is -0.271. The van der Waals surface area contributed by atoms with Gasteiger partial charge < -0.3 is 5.32 Å². The van der Waals surface area contributed by atoms with Gasteiger partial charge in [0.2, 0.25) is 11.1 Å². The zero-order valence-corrected chi connectivity index (χ0v) is 16.7. The van der Waals surface area contributed by atoms with E-state index in [1.54, 1.807) is 16.0 Å². The third-order valence-corrected chi connectivity index (χ3v) is 6.65. The molecule has 0 unspecified atom stereocenters. The number of amides is 1. The second kappa shape index (κ2) is 8.22. The fraction of sp³-hybridized carbons (Fsp3) is 0.368. The van der Waals surface area contributed by atoms with Crippen LogP contribution >= 0.6 is 23.1 Å². The Morgan fingerprint density at radius 2 is 2.26 bits per heavy atom. The Balaban J connectivity index is 1.40. The lowest BCUT2D eigenvalue weighted by atomic mass is 9.88. The largest absolute Gasteiger partial charge is 0.348 e. The lowest BCUT2D eigenvalue weighted by molar-refractivity contribution is -0.121. The first-order chi connectivity index (χ1) is 13.2. The van der Waals surface area contributed by atoms with Crippen molar-refractivity contribution < 1.29 is 4.79 Å². The quantitative estimate of drug-likeness (QED) is 0.643. The summed E-state index contributed by atoms with van der Waals surface area (Å²) in [6, 6.07) is 12.5. The van der Waals surface area contributed by atoms with E-state index in [-0.39, 0.29) is 17.2 Å². The van der Waals surface area contributed by atoms with E-state index < -0.39 is 0 Å². The smallest absolute Gasteiger partial charge is 0.233 e. The molecule has 0 saturated carbocycles. The van der Waals surface area contributed by atoms with E-state index in [0.717, 1.165) is 19.3 Å². The number of carbonyl (C=O) groups excluding carboxylic acids is 1. The summed E-state index contributed by atoms with van der Waals surface area (Å²) < 4.78 is 1.75. The van der Waals surface area contributed by atoms with E-state index in [0.29, 0.717) is 11.7 Å². The molecule has 4 rings (SSSR count). The molecular formula is C19H21N5OS2. The fourth-order valence-electron chi connectivity index (χ4n) is 3.33. The van der Waals surface area contributed by atoms with E-state index in [9.17, 15) is 4.79 Å². The van der Waals surface area contributed by atoms with Crippen LogP contribution in [0.2, 0.25) is 0 Å². The van der Waals surface area contributed by atoms with Gasteiger partial charge in [-0.1, -0.05) is 42.1 Å². The summed E-state index contributed by atoms with van der Waals surface area (Å²) in [5.41, 5.74) is 2.59. The zero-order chi connectivity index (χ0) is 18.6. The van der Waals surface area contributed by atoms with Gasteiger partial charge in [-0.05, 0) is 59.2 Å². The molecule has 1 aliphatic carbocycles. The van der Waals surface area contributed by atoms with Crippen LogP contribution in [0, 0.1) is 0 Å². The maximum Gasteiger partial charge on any atom is 0.233 e. The fourth-order valence-corrected chi connectivity index (χ4v) is 4.82. The summed E-state index contributed by atoms with van der Waals surface area (Å²) in [5.74, 6) is 0.0207. The Morgan fingerprint density at radius 1 is 1.37 bits per heavy atom. The highest BCUT2D eigenvalue weighted by molar-refractivity contribution is 8.00. The van der Waals surface area contributed by atoms with Crippen molar-refractivity contribution in [3.8, 4) is 0 Å². The standard InChI is InChI=1S/C19H21N5OS2/c1-13(27-19-21-22-23-24(19)12-15-8-5-11-26-15)18(25)20-17-10-4-7-14-6-2-3-9-16(14)17/h2-3,5-6,8-9,11,13,17H,4,7,10,12H2,1H3,(H,20,25)/t13-,17-/m1/s1. The van der Waals surface area contributed by atoms with Gasteiger partial charge in [-0.3, -0.25) is 4.79 Å². The topological polar surface area (TPSA) is 72.7 Å². The predicted octanol–water partition coefficient (Wildman–Crippen LogP) is 3.46. The first-order valence-corrected chi connectivity index (χ1v) is 10.8. The van der Waals surface area contributed by atoms with Gasteiger partial charge in [0.05, 0.1) is 17.8 Å². The number of nitrogens with zero attached hydrogens (tertiary/aromatic N) is 4. The molecule has 0 saturated heterocycles. The number of rotatable bonds is 6. The molecule has 0 bridgehead atoms. The van der Waals surface area contributed by atoms with E-state index in [2.05, 4.69) is 45.1 Å². The minimum absolute atomic E-state index is 0.0207. The first kappa shape index (κ1) is 18.2. The number of fused-ring (bicyclic) bond motifs is 1. The predicted molar refractivity (Wildman–Crippen MR) is 107 cm³/mol. The van der Waals surface area contributed by atoms with Crippen molar-refractivity contribution in [1.82, 2.24) is 25.5 Å². The summed E-state index contributed by atoms with van der Waals surface area (Å²) in [6.45, 7) is 2.52. The molecule has 2 aromatic heterocycles. The highest BCUT2D eigenvalue weighted by Crippen LogP contribution is 2.30. The highest BCUT2D eigenvalue weighted by Gasteiger charge is 2.25. The minimum Gasteiger partial charge on any atom is -0.348 e. The number of benzene rings is 1. The third kappa shape index (κ3) is 4.22. The summed E-state index contributed by atoms with van der Waals surface area (Å²) in [7, 11) is 0. The van der Waals surface area contributed by atoms with Crippen molar-refractivity contribution in [2.24, 2.45) is 0 Å². The Morgan fingerprint density at radius 3 is 3.11 bits per heavy atom. The number of hydrogen-bond donors (Lipinski definition) is 1. The highest BCUT2D eigenvalue weighted by atomic mass is 32.2. The molecular weight excluding hydrogens is 378 g/mol. The number of thiophene rings is 1. The van der Waals surface area contributed by atoms with Crippen LogP contribution in [0.1, 0.15) is 41.8 Å².